The van der Waals surface area contributed by atoms with E-state index in [9.17, 15) is 4.79 Å². The molecule has 6 heteroatoms. The summed E-state index contributed by atoms with van der Waals surface area (Å²) < 4.78 is 10.8. The zero-order valence-electron chi connectivity index (χ0n) is 19.7. The number of aryl methyl sites for hydroxylation is 1. The van der Waals surface area contributed by atoms with E-state index in [0.29, 0.717) is 6.54 Å². The lowest BCUT2D eigenvalue weighted by Gasteiger charge is -2.48. The predicted molar refractivity (Wildman–Crippen MR) is 126 cm³/mol. The van der Waals surface area contributed by atoms with E-state index >= 15 is 0 Å². The molecular formula is C26H35N3O3. The van der Waals surface area contributed by atoms with Crippen LogP contribution >= 0.6 is 0 Å². The molecule has 2 fully saturated rings. The average Bonchev–Trinajstić information content (AvgIpc) is 3.09. The Morgan fingerprint density at radius 2 is 1.78 bits per heavy atom. The highest BCUT2D eigenvalue weighted by atomic mass is 16.7. The highest BCUT2D eigenvalue weighted by Gasteiger charge is 2.50. The predicted octanol–water partition coefficient (Wildman–Crippen LogP) is 4.27. The Balaban J connectivity index is 1.47. The number of benzene rings is 2. The Morgan fingerprint density at radius 3 is 2.44 bits per heavy atom. The maximum absolute atomic E-state index is 12.8. The third kappa shape index (κ3) is 4.48. The maximum atomic E-state index is 12.8. The molecule has 1 aliphatic carbocycles. The van der Waals surface area contributed by atoms with Crippen molar-refractivity contribution < 1.29 is 14.3 Å². The van der Waals surface area contributed by atoms with E-state index in [1.54, 1.807) is 7.11 Å². The lowest BCUT2D eigenvalue weighted by Crippen LogP contribution is -2.54. The largest absolute Gasteiger partial charge is 0.468 e. The summed E-state index contributed by atoms with van der Waals surface area (Å²) in [6.45, 7) is 3.75. The lowest BCUT2D eigenvalue weighted by molar-refractivity contribution is 0.0488. The van der Waals surface area contributed by atoms with Crippen LogP contribution in [0.1, 0.15) is 42.4 Å². The van der Waals surface area contributed by atoms with Gasteiger partial charge in [-0.25, -0.2) is 4.79 Å². The van der Waals surface area contributed by atoms with E-state index in [4.69, 9.17) is 9.47 Å². The molecule has 1 saturated carbocycles. The van der Waals surface area contributed by atoms with Crippen LogP contribution in [0.25, 0.3) is 0 Å². The van der Waals surface area contributed by atoms with Gasteiger partial charge >= 0.3 is 6.03 Å². The minimum absolute atomic E-state index is 0.0536. The van der Waals surface area contributed by atoms with Gasteiger partial charge in [-0.2, -0.15) is 0 Å². The average molecular weight is 438 g/mol. The minimum Gasteiger partial charge on any atom is -0.468 e. The first-order chi connectivity index (χ1) is 15.4. The van der Waals surface area contributed by atoms with Crippen LogP contribution in [0.4, 0.5) is 4.79 Å². The van der Waals surface area contributed by atoms with Crippen LogP contribution in [0, 0.1) is 6.92 Å². The smallest absolute Gasteiger partial charge is 0.318 e. The molecule has 0 radical (unpaired) electrons. The molecule has 2 amide bonds. The molecule has 2 aromatic carbocycles. The molecule has 2 aromatic rings. The molecule has 1 spiro atoms. The van der Waals surface area contributed by atoms with Gasteiger partial charge in [-0.1, -0.05) is 42.0 Å². The van der Waals surface area contributed by atoms with Crippen molar-refractivity contribution in [2.45, 2.75) is 50.2 Å². The summed E-state index contributed by atoms with van der Waals surface area (Å²) in [6, 6.07) is 16.8. The van der Waals surface area contributed by atoms with Gasteiger partial charge in [0.25, 0.3) is 0 Å². The van der Waals surface area contributed by atoms with Crippen LogP contribution in [0.5, 0.6) is 5.75 Å². The molecule has 4 rings (SSSR count). The van der Waals surface area contributed by atoms with E-state index in [1.807, 2.05) is 11.0 Å². The Kier molecular flexibility index (Phi) is 6.45. The summed E-state index contributed by atoms with van der Waals surface area (Å²) in [5, 5.41) is 3.35. The van der Waals surface area contributed by atoms with Crippen LogP contribution < -0.4 is 10.1 Å². The topological polar surface area (TPSA) is 54.0 Å². The first-order valence-corrected chi connectivity index (χ1v) is 11.4. The molecule has 172 valence electrons. The van der Waals surface area contributed by atoms with Crippen molar-refractivity contribution in [1.82, 2.24) is 15.1 Å². The van der Waals surface area contributed by atoms with Gasteiger partial charge in [-0.05, 0) is 70.0 Å². The second-order valence-electron chi connectivity index (χ2n) is 9.56. The molecule has 1 N–H and O–H groups in total. The number of methoxy groups -OCH3 is 1. The standard InChI is InChI=1S/C26H35N3O3/c1-20-8-10-21(11-9-20)17-29-18-25(27-24(29)30)12-14-26(15-13-25,28(2)3)22-6-5-7-23(16-22)32-19-31-4/h5-11,16H,12-15,17-19H2,1-4H3,(H,27,30)/t25-,26+. The normalized spacial score (nSPS) is 25.4. The summed E-state index contributed by atoms with van der Waals surface area (Å²) in [7, 11) is 5.93. The fraction of sp³-hybridized carbons (Fsp3) is 0.500. The molecule has 1 heterocycles. The van der Waals surface area contributed by atoms with Crippen molar-refractivity contribution in [1.29, 1.82) is 0 Å². The zero-order valence-corrected chi connectivity index (χ0v) is 19.7. The zero-order chi connectivity index (χ0) is 22.8. The molecule has 0 atom stereocenters. The Bertz CT molecular complexity index is 934. The van der Waals surface area contributed by atoms with Crippen LogP contribution in [0.2, 0.25) is 0 Å². The summed E-state index contributed by atoms with van der Waals surface area (Å²) in [6.07, 6.45) is 3.85. The van der Waals surface area contributed by atoms with Crippen LogP contribution in [-0.2, 0) is 16.8 Å². The van der Waals surface area contributed by atoms with Gasteiger partial charge in [0.15, 0.2) is 6.79 Å². The Labute approximate surface area is 191 Å². The Hall–Kier alpha value is -2.57. The van der Waals surface area contributed by atoms with E-state index in [2.05, 4.69) is 73.7 Å². The molecule has 0 unspecified atom stereocenters. The lowest BCUT2D eigenvalue weighted by atomic mass is 9.69. The third-order valence-corrected chi connectivity index (χ3v) is 7.25. The van der Waals surface area contributed by atoms with Crippen molar-refractivity contribution in [2.24, 2.45) is 0 Å². The summed E-state index contributed by atoms with van der Waals surface area (Å²) in [4.78, 5) is 17.1. The van der Waals surface area contributed by atoms with Crippen LogP contribution in [-0.4, -0.2) is 55.9 Å². The Morgan fingerprint density at radius 1 is 1.06 bits per heavy atom. The van der Waals surface area contributed by atoms with Gasteiger partial charge < -0.3 is 19.7 Å². The molecule has 6 nitrogen and oxygen atoms in total. The van der Waals surface area contributed by atoms with Crippen molar-refractivity contribution in [3.63, 3.8) is 0 Å². The van der Waals surface area contributed by atoms with Crippen LogP contribution in [0.3, 0.4) is 0 Å². The number of hydrogen-bond acceptors (Lipinski definition) is 4. The first kappa shape index (κ1) is 22.6. The van der Waals surface area contributed by atoms with Crippen molar-refractivity contribution in [3.8, 4) is 5.75 Å². The number of nitrogens with one attached hydrogen (secondary N) is 1. The number of nitrogens with zero attached hydrogens (tertiary/aromatic N) is 2. The molecule has 1 aliphatic heterocycles. The number of carbonyl (C=O) groups excluding carboxylic acids is 1. The highest BCUT2D eigenvalue weighted by Crippen LogP contribution is 2.46. The van der Waals surface area contributed by atoms with Gasteiger partial charge in [0.05, 0.1) is 5.54 Å². The number of amides is 2. The quantitative estimate of drug-likeness (QED) is 0.657. The summed E-state index contributed by atoms with van der Waals surface area (Å²) >= 11 is 0. The van der Waals surface area contributed by atoms with Gasteiger partial charge in [-0.15, -0.1) is 0 Å². The molecular weight excluding hydrogens is 402 g/mol. The number of ether oxygens (including phenoxy) is 2. The van der Waals surface area contributed by atoms with Gasteiger partial charge in [-0.3, -0.25) is 4.90 Å². The summed E-state index contributed by atoms with van der Waals surface area (Å²) in [5.41, 5.74) is 3.44. The highest BCUT2D eigenvalue weighted by molar-refractivity contribution is 5.78. The monoisotopic (exact) mass is 437 g/mol. The fourth-order valence-electron chi connectivity index (χ4n) is 5.25. The second-order valence-corrected chi connectivity index (χ2v) is 9.56. The maximum Gasteiger partial charge on any atom is 0.318 e. The van der Waals surface area contributed by atoms with E-state index in [0.717, 1.165) is 38.0 Å². The van der Waals surface area contributed by atoms with Crippen molar-refractivity contribution in [2.75, 3.05) is 34.5 Å². The van der Waals surface area contributed by atoms with Gasteiger partial charge in [0.1, 0.15) is 5.75 Å². The molecule has 1 saturated heterocycles. The molecule has 32 heavy (non-hydrogen) atoms. The van der Waals surface area contributed by atoms with Crippen molar-refractivity contribution in [3.05, 3.63) is 65.2 Å². The number of hydrogen-bond donors (Lipinski definition) is 1. The fourth-order valence-corrected chi connectivity index (χ4v) is 5.25. The van der Waals surface area contributed by atoms with Gasteiger partial charge in [0.2, 0.25) is 0 Å². The first-order valence-electron chi connectivity index (χ1n) is 11.4. The number of carbonyl (C=O) groups is 1. The van der Waals surface area contributed by atoms with Gasteiger partial charge in [0, 0.05) is 25.7 Å². The van der Waals surface area contributed by atoms with E-state index < -0.39 is 0 Å². The third-order valence-electron chi connectivity index (χ3n) is 7.25. The molecule has 2 aliphatic rings. The number of urea groups is 1. The minimum atomic E-state index is -0.147. The SMILES string of the molecule is COCOc1cccc([C@]2(N(C)C)CC[C@@]3(CC2)CN(Cc2ccc(C)cc2)C(=O)N3)c1. The summed E-state index contributed by atoms with van der Waals surface area (Å²) in [5.74, 6) is 0.823. The van der Waals surface area contributed by atoms with E-state index in [1.165, 1.54) is 16.7 Å². The molecule has 0 aromatic heterocycles. The second kappa shape index (κ2) is 9.12. The van der Waals surface area contributed by atoms with Crippen molar-refractivity contribution >= 4 is 6.03 Å². The van der Waals surface area contributed by atoms with E-state index in [-0.39, 0.29) is 23.9 Å². The number of rotatable bonds is 7. The molecule has 0 bridgehead atoms. The van der Waals surface area contributed by atoms with Crippen LogP contribution in [0.15, 0.2) is 48.5 Å².